The first-order valence-electron chi connectivity index (χ1n) is 6.29. The molecule has 2 heterocycles. The minimum Gasteiger partial charge on any atom is -0.389 e. The van der Waals surface area contributed by atoms with Gasteiger partial charge in [-0.2, -0.15) is 0 Å². The Bertz CT molecular complexity index is 778. The van der Waals surface area contributed by atoms with Crippen LogP contribution in [0, 0.1) is 5.82 Å². The predicted octanol–water partition coefficient (Wildman–Crippen LogP) is 3.43. The van der Waals surface area contributed by atoms with Crippen LogP contribution in [-0.4, -0.2) is 14.5 Å². The second-order valence-corrected chi connectivity index (χ2v) is 5.89. The Labute approximate surface area is 130 Å². The lowest BCUT2D eigenvalue weighted by molar-refractivity contribution is 0.598. The maximum Gasteiger partial charge on any atom is 0.150 e. The Morgan fingerprint density at radius 3 is 2.90 bits per heavy atom. The summed E-state index contributed by atoms with van der Waals surface area (Å²) in [5.41, 5.74) is 6.35. The van der Waals surface area contributed by atoms with Crippen molar-refractivity contribution in [1.82, 2.24) is 9.55 Å². The topological polar surface area (TPSA) is 43.8 Å². The summed E-state index contributed by atoms with van der Waals surface area (Å²) in [7, 11) is 0. The van der Waals surface area contributed by atoms with E-state index in [9.17, 15) is 4.39 Å². The zero-order chi connectivity index (χ0) is 14.8. The van der Waals surface area contributed by atoms with Gasteiger partial charge in [0.05, 0.1) is 11.4 Å². The van der Waals surface area contributed by atoms with Crippen molar-refractivity contribution in [3.8, 4) is 10.7 Å². The number of halogens is 1. The van der Waals surface area contributed by atoms with Crippen LogP contribution in [0.2, 0.25) is 0 Å². The molecule has 6 heteroatoms. The molecule has 2 N–H and O–H groups in total. The lowest BCUT2D eigenvalue weighted by Crippen LogP contribution is -2.14. The Morgan fingerprint density at radius 2 is 2.19 bits per heavy atom. The molecule has 0 spiro atoms. The number of imidazole rings is 1. The van der Waals surface area contributed by atoms with Gasteiger partial charge in [0.1, 0.15) is 16.6 Å². The number of hydrogen-bond acceptors (Lipinski definition) is 3. The van der Waals surface area contributed by atoms with Crippen LogP contribution in [0.4, 0.5) is 4.39 Å². The molecule has 21 heavy (non-hydrogen) atoms. The fraction of sp³-hybridized carbons (Fsp3) is 0.0667. The maximum atomic E-state index is 14.4. The average molecular weight is 317 g/mol. The molecule has 1 aromatic carbocycles. The highest BCUT2D eigenvalue weighted by atomic mass is 32.1. The molecule has 0 bridgehead atoms. The lowest BCUT2D eigenvalue weighted by Gasteiger charge is -2.10. The molecule has 0 saturated carbocycles. The third kappa shape index (κ3) is 2.72. The fourth-order valence-electron chi connectivity index (χ4n) is 2.14. The van der Waals surface area contributed by atoms with Crippen LogP contribution in [0.5, 0.6) is 0 Å². The van der Waals surface area contributed by atoms with E-state index >= 15 is 0 Å². The summed E-state index contributed by atoms with van der Waals surface area (Å²) in [6.45, 7) is 0.384. The number of aromatic nitrogens is 2. The van der Waals surface area contributed by atoms with Gasteiger partial charge >= 0.3 is 0 Å². The Balaban J connectivity index is 1.97. The number of nitrogens with zero attached hydrogens (tertiary/aromatic N) is 2. The first kappa shape index (κ1) is 13.9. The molecule has 0 saturated heterocycles. The van der Waals surface area contributed by atoms with Crippen LogP contribution in [-0.2, 0) is 6.54 Å². The summed E-state index contributed by atoms with van der Waals surface area (Å²) < 4.78 is 16.3. The number of hydrogen-bond donors (Lipinski definition) is 1. The van der Waals surface area contributed by atoms with Crippen molar-refractivity contribution in [2.75, 3.05) is 0 Å². The highest BCUT2D eigenvalue weighted by Gasteiger charge is 2.13. The first-order valence-corrected chi connectivity index (χ1v) is 7.58. The highest BCUT2D eigenvalue weighted by molar-refractivity contribution is 7.80. The van der Waals surface area contributed by atoms with Crippen molar-refractivity contribution in [3.63, 3.8) is 0 Å². The molecular weight excluding hydrogens is 305 g/mol. The van der Waals surface area contributed by atoms with Gasteiger partial charge in [-0.15, -0.1) is 11.3 Å². The summed E-state index contributed by atoms with van der Waals surface area (Å²) >= 11 is 6.47. The summed E-state index contributed by atoms with van der Waals surface area (Å²) in [6, 6.07) is 9.04. The Hall–Kier alpha value is -2.05. The summed E-state index contributed by atoms with van der Waals surface area (Å²) in [5.74, 6) is 0.459. The van der Waals surface area contributed by atoms with Crippen LogP contribution in [0.15, 0.2) is 48.1 Å². The van der Waals surface area contributed by atoms with E-state index in [1.165, 1.54) is 0 Å². The molecule has 0 radical (unpaired) electrons. The van der Waals surface area contributed by atoms with Gasteiger partial charge in [0.2, 0.25) is 0 Å². The molecule has 0 aliphatic carbocycles. The van der Waals surface area contributed by atoms with Crippen LogP contribution in [0.1, 0.15) is 11.1 Å². The minimum atomic E-state index is -0.365. The largest absolute Gasteiger partial charge is 0.389 e. The van der Waals surface area contributed by atoms with E-state index in [2.05, 4.69) is 4.98 Å². The number of benzene rings is 1. The van der Waals surface area contributed by atoms with Crippen molar-refractivity contribution in [2.45, 2.75) is 6.54 Å². The van der Waals surface area contributed by atoms with E-state index in [4.69, 9.17) is 18.0 Å². The third-order valence-corrected chi connectivity index (χ3v) is 4.23. The molecule has 0 atom stereocenters. The second-order valence-electron chi connectivity index (χ2n) is 4.50. The van der Waals surface area contributed by atoms with E-state index in [0.717, 1.165) is 10.7 Å². The van der Waals surface area contributed by atoms with Crippen molar-refractivity contribution in [2.24, 2.45) is 5.73 Å². The van der Waals surface area contributed by atoms with Gasteiger partial charge in [-0.1, -0.05) is 30.4 Å². The number of thiocarbonyl (C=S) groups is 1. The summed E-state index contributed by atoms with van der Waals surface area (Å²) in [5, 5.41) is 1.99. The number of rotatable bonds is 4. The van der Waals surface area contributed by atoms with Gasteiger partial charge in [0, 0.05) is 23.5 Å². The zero-order valence-corrected chi connectivity index (χ0v) is 12.6. The van der Waals surface area contributed by atoms with Gasteiger partial charge in [0.15, 0.2) is 0 Å². The quantitative estimate of drug-likeness (QED) is 0.750. The average Bonchev–Trinajstić information content (AvgIpc) is 3.11. The summed E-state index contributed by atoms with van der Waals surface area (Å²) in [6.07, 6.45) is 3.55. The highest BCUT2D eigenvalue weighted by Crippen LogP contribution is 2.24. The number of nitrogens with two attached hydrogens (primary N) is 1. The lowest BCUT2D eigenvalue weighted by atomic mass is 10.1. The second kappa shape index (κ2) is 5.75. The van der Waals surface area contributed by atoms with E-state index < -0.39 is 0 Å². The van der Waals surface area contributed by atoms with Crippen molar-refractivity contribution >= 4 is 28.5 Å². The standard InChI is InChI=1S/C15H12FN3S2/c16-13-10(3-1-4-11(13)14(17)20)9-19-7-6-18-15(19)12-5-2-8-21-12/h1-8H,9H2,(H2,17,20). The molecule has 3 rings (SSSR count). The maximum absolute atomic E-state index is 14.4. The van der Waals surface area contributed by atoms with Crippen molar-refractivity contribution < 1.29 is 4.39 Å². The molecule has 3 aromatic rings. The van der Waals surface area contributed by atoms with Crippen LogP contribution in [0.25, 0.3) is 10.7 Å². The monoisotopic (exact) mass is 317 g/mol. The molecule has 0 aliphatic heterocycles. The molecular formula is C15H12FN3S2. The van der Waals surface area contributed by atoms with E-state index in [-0.39, 0.29) is 16.4 Å². The SMILES string of the molecule is NC(=S)c1cccc(Cn2ccnc2-c2cccs2)c1F. The van der Waals surface area contributed by atoms with Crippen molar-refractivity contribution in [3.05, 3.63) is 65.0 Å². The van der Waals surface area contributed by atoms with Gasteiger partial charge in [-0.3, -0.25) is 0 Å². The van der Waals surface area contributed by atoms with E-state index in [0.29, 0.717) is 12.1 Å². The predicted molar refractivity (Wildman–Crippen MR) is 86.9 cm³/mol. The minimum absolute atomic E-state index is 0.0680. The molecule has 3 nitrogen and oxygen atoms in total. The molecule has 0 fully saturated rings. The molecule has 0 unspecified atom stereocenters. The molecule has 0 amide bonds. The van der Waals surface area contributed by atoms with E-state index in [1.54, 1.807) is 35.7 Å². The third-order valence-electron chi connectivity index (χ3n) is 3.14. The Kier molecular flexibility index (Phi) is 3.81. The summed E-state index contributed by atoms with van der Waals surface area (Å²) in [4.78, 5) is 5.46. The zero-order valence-electron chi connectivity index (χ0n) is 11.0. The van der Waals surface area contributed by atoms with Crippen LogP contribution >= 0.6 is 23.6 Å². The first-order chi connectivity index (χ1) is 10.2. The van der Waals surface area contributed by atoms with E-state index in [1.807, 2.05) is 28.3 Å². The fourth-order valence-corrected chi connectivity index (χ4v) is 3.04. The molecule has 2 aromatic heterocycles. The van der Waals surface area contributed by atoms with Crippen LogP contribution < -0.4 is 5.73 Å². The number of thiophene rings is 1. The van der Waals surface area contributed by atoms with Gasteiger partial charge in [0.25, 0.3) is 0 Å². The van der Waals surface area contributed by atoms with Gasteiger partial charge in [-0.05, 0) is 17.5 Å². The molecule has 0 aliphatic rings. The van der Waals surface area contributed by atoms with Gasteiger partial charge in [-0.25, -0.2) is 9.37 Å². The van der Waals surface area contributed by atoms with Gasteiger partial charge < -0.3 is 10.3 Å². The normalized spacial score (nSPS) is 10.7. The van der Waals surface area contributed by atoms with Crippen molar-refractivity contribution in [1.29, 1.82) is 0 Å². The van der Waals surface area contributed by atoms with Crippen LogP contribution in [0.3, 0.4) is 0 Å². The smallest absolute Gasteiger partial charge is 0.150 e. The molecule has 106 valence electrons. The Morgan fingerprint density at radius 1 is 1.33 bits per heavy atom.